The second kappa shape index (κ2) is 9.00. The molecular formula is C27H19ClN4O6. The molecule has 0 amide bonds. The highest BCUT2D eigenvalue weighted by Crippen LogP contribution is 2.35. The summed E-state index contributed by atoms with van der Waals surface area (Å²) in [6.45, 7) is 5.43. The van der Waals surface area contributed by atoms with E-state index >= 15 is 0 Å². The Bertz CT molecular complexity index is 1970. The van der Waals surface area contributed by atoms with E-state index in [2.05, 4.69) is 24.6 Å². The van der Waals surface area contributed by atoms with Crippen molar-refractivity contribution in [3.63, 3.8) is 0 Å². The molecule has 0 bridgehead atoms. The maximum absolute atomic E-state index is 13.5. The molecule has 1 atom stereocenters. The van der Waals surface area contributed by atoms with Crippen molar-refractivity contribution in [3.05, 3.63) is 91.5 Å². The number of aryl methyl sites for hydroxylation is 1. The minimum atomic E-state index is -0.739. The van der Waals surface area contributed by atoms with E-state index in [0.29, 0.717) is 50.3 Å². The number of H-pyrrole nitrogens is 1. The van der Waals surface area contributed by atoms with E-state index < -0.39 is 11.9 Å². The number of ether oxygens (including phenoxy) is 1. The van der Waals surface area contributed by atoms with Crippen molar-refractivity contribution in [2.24, 2.45) is 0 Å². The van der Waals surface area contributed by atoms with Crippen molar-refractivity contribution >= 4 is 33.7 Å². The van der Waals surface area contributed by atoms with Crippen molar-refractivity contribution in [2.45, 2.75) is 26.9 Å². The molecule has 1 aromatic carbocycles. The number of nitrogens with zero attached hydrogens (tertiary/aromatic N) is 3. The summed E-state index contributed by atoms with van der Waals surface area (Å²) in [5, 5.41) is 4.31. The highest BCUT2D eigenvalue weighted by atomic mass is 35.5. The van der Waals surface area contributed by atoms with Gasteiger partial charge in [0, 0.05) is 29.0 Å². The molecule has 5 aromatic heterocycles. The summed E-state index contributed by atoms with van der Waals surface area (Å²) in [4.78, 5) is 36.1. The van der Waals surface area contributed by atoms with Crippen molar-refractivity contribution in [1.29, 1.82) is 0 Å². The van der Waals surface area contributed by atoms with Gasteiger partial charge in [0.05, 0.1) is 11.6 Å². The van der Waals surface area contributed by atoms with Gasteiger partial charge in [-0.15, -0.1) is 0 Å². The first kappa shape index (κ1) is 23.7. The predicted octanol–water partition coefficient (Wildman–Crippen LogP) is 5.75. The third kappa shape index (κ3) is 4.04. The second-order valence-corrected chi connectivity index (χ2v) is 9.22. The first-order valence-electron chi connectivity index (χ1n) is 11.6. The van der Waals surface area contributed by atoms with Gasteiger partial charge in [0.2, 0.25) is 5.82 Å². The molecule has 1 N–H and O–H groups in total. The van der Waals surface area contributed by atoms with Gasteiger partial charge >= 0.3 is 5.76 Å². The number of aromatic nitrogens is 4. The van der Waals surface area contributed by atoms with E-state index in [0.717, 1.165) is 5.56 Å². The lowest BCUT2D eigenvalue weighted by atomic mass is 10.00. The Morgan fingerprint density at radius 1 is 1.11 bits per heavy atom. The molecule has 5 heterocycles. The minimum Gasteiger partial charge on any atom is -0.483 e. The van der Waals surface area contributed by atoms with E-state index in [4.69, 9.17) is 25.2 Å². The Hall–Kier alpha value is -4.70. The zero-order chi connectivity index (χ0) is 26.6. The van der Waals surface area contributed by atoms with E-state index in [9.17, 15) is 9.59 Å². The van der Waals surface area contributed by atoms with Crippen molar-refractivity contribution in [1.82, 2.24) is 20.1 Å². The molecule has 0 saturated carbocycles. The molecule has 0 spiro atoms. The standard InChI is InChI=1S/C27H19ClN4O6/c1-12-8-16(14(3)36-19-4-5-21(28)30-22(19)26-31-27(34)38-32-26)25-17(9-12)23(33)13(2)24(37-25)15-10-20-18(29-11-15)6-7-35-20/h4-11,14H,1-3H3,(H,31,32,34)/t14-/m1/s1. The lowest BCUT2D eigenvalue weighted by Crippen LogP contribution is -2.12. The summed E-state index contributed by atoms with van der Waals surface area (Å²) in [5.41, 5.74) is 4.27. The highest BCUT2D eigenvalue weighted by molar-refractivity contribution is 6.29. The van der Waals surface area contributed by atoms with Crippen LogP contribution in [-0.2, 0) is 0 Å². The molecule has 0 saturated heterocycles. The van der Waals surface area contributed by atoms with Crippen LogP contribution in [0.5, 0.6) is 5.75 Å². The first-order valence-corrected chi connectivity index (χ1v) is 12.0. The zero-order valence-corrected chi connectivity index (χ0v) is 21.1. The predicted molar refractivity (Wildman–Crippen MR) is 139 cm³/mol. The molecule has 6 aromatic rings. The van der Waals surface area contributed by atoms with E-state index in [1.54, 1.807) is 49.7 Å². The van der Waals surface area contributed by atoms with Crippen LogP contribution in [0, 0.1) is 13.8 Å². The summed E-state index contributed by atoms with van der Waals surface area (Å²) in [5.74, 6) is 0.0132. The van der Waals surface area contributed by atoms with Crippen molar-refractivity contribution < 1.29 is 18.1 Å². The second-order valence-electron chi connectivity index (χ2n) is 8.83. The van der Waals surface area contributed by atoms with Gasteiger partial charge in [-0.25, -0.2) is 9.78 Å². The molecule has 0 aliphatic heterocycles. The molecule has 6 rings (SSSR count). The molecule has 0 aliphatic carbocycles. The number of hydrogen-bond acceptors (Lipinski definition) is 9. The number of furan rings is 1. The van der Waals surface area contributed by atoms with Crippen LogP contribution in [-0.4, -0.2) is 20.1 Å². The van der Waals surface area contributed by atoms with Gasteiger partial charge in [-0.3, -0.25) is 19.3 Å². The van der Waals surface area contributed by atoms with Crippen LogP contribution in [0.25, 0.3) is 44.9 Å². The molecule has 38 heavy (non-hydrogen) atoms. The molecule has 10 nitrogen and oxygen atoms in total. The number of fused-ring (bicyclic) bond motifs is 2. The highest BCUT2D eigenvalue weighted by Gasteiger charge is 2.22. The van der Waals surface area contributed by atoms with Crippen LogP contribution in [0.2, 0.25) is 5.15 Å². The van der Waals surface area contributed by atoms with E-state index in [-0.39, 0.29) is 22.1 Å². The Morgan fingerprint density at radius 3 is 2.74 bits per heavy atom. The summed E-state index contributed by atoms with van der Waals surface area (Å²) < 4.78 is 22.8. The van der Waals surface area contributed by atoms with Gasteiger partial charge in [0.25, 0.3) is 0 Å². The summed E-state index contributed by atoms with van der Waals surface area (Å²) in [6.07, 6.45) is 2.59. The Morgan fingerprint density at radius 2 is 1.95 bits per heavy atom. The van der Waals surface area contributed by atoms with Crippen LogP contribution in [0.15, 0.2) is 71.8 Å². The number of nitrogens with one attached hydrogen (secondary N) is 1. The Labute approximate surface area is 218 Å². The number of rotatable bonds is 5. The van der Waals surface area contributed by atoms with Crippen LogP contribution < -0.4 is 15.9 Å². The lowest BCUT2D eigenvalue weighted by Gasteiger charge is -2.19. The SMILES string of the molecule is Cc1cc([C@@H](C)Oc2ccc(Cl)nc2-c2noc(=O)[nH]2)c2oc(-c3cnc4ccoc4c3)c(C)c(=O)c2c1. The van der Waals surface area contributed by atoms with Gasteiger partial charge in [-0.1, -0.05) is 16.8 Å². The third-order valence-corrected chi connectivity index (χ3v) is 6.40. The van der Waals surface area contributed by atoms with Gasteiger partial charge < -0.3 is 13.6 Å². The maximum atomic E-state index is 13.5. The number of hydrogen-bond donors (Lipinski definition) is 1. The van der Waals surface area contributed by atoms with Crippen molar-refractivity contribution in [2.75, 3.05) is 0 Å². The van der Waals surface area contributed by atoms with Gasteiger partial charge in [0.1, 0.15) is 33.9 Å². The summed E-state index contributed by atoms with van der Waals surface area (Å²) in [7, 11) is 0. The fourth-order valence-corrected chi connectivity index (χ4v) is 4.54. The first-order chi connectivity index (χ1) is 18.3. The molecule has 11 heteroatoms. The Balaban J connectivity index is 1.49. The molecule has 0 unspecified atom stereocenters. The fraction of sp³-hybridized carbons (Fsp3) is 0.148. The number of aromatic amines is 1. The number of halogens is 1. The molecule has 0 fully saturated rings. The van der Waals surface area contributed by atoms with Gasteiger partial charge in [-0.05, 0) is 56.7 Å². The molecule has 0 radical (unpaired) electrons. The van der Waals surface area contributed by atoms with Crippen LogP contribution in [0.1, 0.15) is 29.7 Å². The van der Waals surface area contributed by atoms with Crippen LogP contribution >= 0.6 is 11.6 Å². The van der Waals surface area contributed by atoms with Crippen LogP contribution in [0.4, 0.5) is 0 Å². The van der Waals surface area contributed by atoms with Gasteiger partial charge in [0.15, 0.2) is 16.7 Å². The molecular weight excluding hydrogens is 512 g/mol. The van der Waals surface area contributed by atoms with E-state index in [1.807, 2.05) is 19.9 Å². The quantitative estimate of drug-likeness (QED) is 0.276. The van der Waals surface area contributed by atoms with Crippen molar-refractivity contribution in [3.8, 4) is 28.6 Å². The number of benzene rings is 1. The van der Waals surface area contributed by atoms with E-state index in [1.165, 1.54) is 0 Å². The van der Waals surface area contributed by atoms with Gasteiger partial charge in [-0.2, -0.15) is 0 Å². The van der Waals surface area contributed by atoms with Crippen LogP contribution in [0.3, 0.4) is 0 Å². The largest absolute Gasteiger partial charge is 0.483 e. The normalized spacial score (nSPS) is 12.3. The minimum absolute atomic E-state index is 0.0686. The smallest absolute Gasteiger partial charge is 0.439 e. The summed E-state index contributed by atoms with van der Waals surface area (Å²) >= 11 is 6.08. The third-order valence-electron chi connectivity index (χ3n) is 6.19. The Kier molecular flexibility index (Phi) is 5.61. The monoisotopic (exact) mass is 530 g/mol. The maximum Gasteiger partial charge on any atom is 0.439 e. The lowest BCUT2D eigenvalue weighted by molar-refractivity contribution is 0.227. The number of pyridine rings is 2. The topological polar surface area (TPSA) is 137 Å². The average Bonchev–Trinajstić information content (AvgIpc) is 3.55. The molecule has 190 valence electrons. The zero-order valence-electron chi connectivity index (χ0n) is 20.4. The fourth-order valence-electron chi connectivity index (χ4n) is 4.39. The molecule has 0 aliphatic rings. The average molecular weight is 531 g/mol. The summed E-state index contributed by atoms with van der Waals surface area (Å²) in [6, 6.07) is 10.4.